The Morgan fingerprint density at radius 3 is 2.67 bits per heavy atom. The highest BCUT2D eigenvalue weighted by atomic mass is 79.9. The van der Waals surface area contributed by atoms with Crippen molar-refractivity contribution in [1.82, 2.24) is 9.97 Å². The number of nitro groups is 1. The molecule has 0 atom stereocenters. The molecule has 3 aromatic rings. The molecule has 0 aliphatic heterocycles. The predicted molar refractivity (Wildman–Crippen MR) is 84.5 cm³/mol. The zero-order valence-electron chi connectivity index (χ0n) is 10.6. The zero-order valence-corrected chi connectivity index (χ0v) is 13.0. The van der Waals surface area contributed by atoms with Crippen LogP contribution < -0.4 is 0 Å². The quantitative estimate of drug-likeness (QED) is 0.509. The van der Waals surface area contributed by atoms with Crippen molar-refractivity contribution in [2.45, 2.75) is 10.1 Å². The van der Waals surface area contributed by atoms with Gasteiger partial charge in [-0.05, 0) is 36.0 Å². The van der Waals surface area contributed by atoms with Crippen molar-refractivity contribution in [3.8, 4) is 0 Å². The van der Waals surface area contributed by atoms with Crippen LogP contribution in [0.15, 0.2) is 63.3 Å². The lowest BCUT2D eigenvalue weighted by atomic mass is 10.1. The van der Waals surface area contributed by atoms with Crippen LogP contribution in [-0.2, 0) is 0 Å². The first kappa shape index (κ1) is 14.0. The fourth-order valence-electron chi connectivity index (χ4n) is 1.95. The van der Waals surface area contributed by atoms with E-state index in [4.69, 9.17) is 0 Å². The molecule has 0 N–H and O–H groups in total. The van der Waals surface area contributed by atoms with Crippen molar-refractivity contribution in [2.75, 3.05) is 0 Å². The average Bonchev–Trinajstić information content (AvgIpc) is 2.49. The molecule has 0 saturated heterocycles. The van der Waals surface area contributed by atoms with E-state index in [1.165, 1.54) is 17.8 Å². The second-order valence-corrected chi connectivity index (χ2v) is 6.00. The molecule has 0 fully saturated rings. The van der Waals surface area contributed by atoms with Gasteiger partial charge in [0.1, 0.15) is 10.1 Å². The normalized spacial score (nSPS) is 10.7. The Morgan fingerprint density at radius 2 is 1.95 bits per heavy atom. The molecule has 104 valence electrons. The summed E-state index contributed by atoms with van der Waals surface area (Å²) in [5, 5.41) is 13.9. The van der Waals surface area contributed by atoms with Crippen molar-refractivity contribution in [3.63, 3.8) is 0 Å². The van der Waals surface area contributed by atoms with Crippen molar-refractivity contribution >= 4 is 44.2 Å². The molecular weight excluding hydrogens is 354 g/mol. The number of benzene rings is 1. The lowest BCUT2D eigenvalue weighted by Crippen LogP contribution is -1.93. The fourth-order valence-corrected chi connectivity index (χ4v) is 3.30. The van der Waals surface area contributed by atoms with Gasteiger partial charge in [-0.3, -0.25) is 10.1 Å². The maximum absolute atomic E-state index is 11.3. The van der Waals surface area contributed by atoms with Gasteiger partial charge in [0, 0.05) is 28.3 Å². The highest BCUT2D eigenvalue weighted by Crippen LogP contribution is 2.38. The van der Waals surface area contributed by atoms with Gasteiger partial charge < -0.3 is 0 Å². The Hall–Kier alpha value is -1.99. The van der Waals surface area contributed by atoms with Crippen LogP contribution in [0.25, 0.3) is 10.8 Å². The molecule has 0 aliphatic carbocycles. The smallest absolute Gasteiger partial charge is 0.258 e. The third-order valence-electron chi connectivity index (χ3n) is 2.85. The van der Waals surface area contributed by atoms with E-state index in [1.54, 1.807) is 24.5 Å². The SMILES string of the molecule is O=[N+]([O-])c1ccc(Br)c2ccnc(Sc3ccccn3)c12. The number of hydrogen-bond donors (Lipinski definition) is 0. The van der Waals surface area contributed by atoms with Crippen molar-refractivity contribution in [1.29, 1.82) is 0 Å². The van der Waals surface area contributed by atoms with Crippen molar-refractivity contribution in [3.05, 3.63) is 63.4 Å². The van der Waals surface area contributed by atoms with E-state index in [0.29, 0.717) is 10.4 Å². The first-order valence-corrected chi connectivity index (χ1v) is 7.58. The third-order valence-corrected chi connectivity index (χ3v) is 4.50. The van der Waals surface area contributed by atoms with Gasteiger partial charge in [0.15, 0.2) is 0 Å². The number of non-ortho nitro benzene ring substituents is 1. The molecule has 21 heavy (non-hydrogen) atoms. The number of fused-ring (bicyclic) bond motifs is 1. The van der Waals surface area contributed by atoms with E-state index in [0.717, 1.165) is 14.9 Å². The molecule has 0 unspecified atom stereocenters. The van der Waals surface area contributed by atoms with Crippen LogP contribution in [0, 0.1) is 10.1 Å². The summed E-state index contributed by atoms with van der Waals surface area (Å²) in [4.78, 5) is 19.4. The number of nitro benzene ring substituents is 1. The number of pyridine rings is 2. The Morgan fingerprint density at radius 1 is 1.10 bits per heavy atom. The van der Waals surface area contributed by atoms with Gasteiger partial charge >= 0.3 is 0 Å². The topological polar surface area (TPSA) is 68.9 Å². The minimum Gasteiger partial charge on any atom is -0.258 e. The van der Waals surface area contributed by atoms with E-state index < -0.39 is 0 Å². The lowest BCUT2D eigenvalue weighted by Gasteiger charge is -2.07. The van der Waals surface area contributed by atoms with Gasteiger partial charge in [0.05, 0.1) is 10.3 Å². The van der Waals surface area contributed by atoms with Crippen molar-refractivity contribution in [2.24, 2.45) is 0 Å². The minimum atomic E-state index is -0.390. The number of halogens is 1. The van der Waals surface area contributed by atoms with Crippen LogP contribution in [0.5, 0.6) is 0 Å². The fraction of sp³-hybridized carbons (Fsp3) is 0. The van der Waals surface area contributed by atoms with Crippen LogP contribution in [0.2, 0.25) is 0 Å². The van der Waals surface area contributed by atoms with Gasteiger partial charge in [-0.1, -0.05) is 22.0 Å². The van der Waals surface area contributed by atoms with Gasteiger partial charge in [-0.15, -0.1) is 0 Å². The van der Waals surface area contributed by atoms with Crippen LogP contribution in [-0.4, -0.2) is 14.9 Å². The molecule has 1 aromatic carbocycles. The Balaban J connectivity index is 2.23. The van der Waals surface area contributed by atoms with Gasteiger partial charge in [0.25, 0.3) is 5.69 Å². The second kappa shape index (κ2) is 5.79. The highest BCUT2D eigenvalue weighted by Gasteiger charge is 2.18. The summed E-state index contributed by atoms with van der Waals surface area (Å²) < 4.78 is 0.799. The summed E-state index contributed by atoms with van der Waals surface area (Å²) in [7, 11) is 0. The first-order valence-electron chi connectivity index (χ1n) is 5.97. The molecule has 0 amide bonds. The molecule has 0 bridgehead atoms. The molecule has 2 heterocycles. The monoisotopic (exact) mass is 361 g/mol. The van der Waals surface area contributed by atoms with E-state index in [-0.39, 0.29) is 10.6 Å². The molecule has 3 rings (SSSR count). The number of hydrogen-bond acceptors (Lipinski definition) is 5. The first-order chi connectivity index (χ1) is 10.2. The molecule has 0 saturated carbocycles. The summed E-state index contributed by atoms with van der Waals surface area (Å²) in [5.74, 6) is 0. The van der Waals surface area contributed by atoms with Crippen LogP contribution >= 0.6 is 27.7 Å². The van der Waals surface area contributed by atoms with Crippen LogP contribution in [0.1, 0.15) is 0 Å². The summed E-state index contributed by atoms with van der Waals surface area (Å²) in [6.45, 7) is 0. The molecule has 5 nitrogen and oxygen atoms in total. The van der Waals surface area contributed by atoms with Gasteiger partial charge in [0.2, 0.25) is 0 Å². The second-order valence-electron chi connectivity index (χ2n) is 4.13. The summed E-state index contributed by atoms with van der Waals surface area (Å²) in [5.41, 5.74) is 0.0414. The zero-order chi connectivity index (χ0) is 14.8. The van der Waals surface area contributed by atoms with Crippen LogP contribution in [0.3, 0.4) is 0 Å². The van der Waals surface area contributed by atoms with Crippen molar-refractivity contribution < 1.29 is 4.92 Å². The predicted octanol–water partition coefficient (Wildman–Crippen LogP) is 4.45. The summed E-state index contributed by atoms with van der Waals surface area (Å²) >= 11 is 4.73. The van der Waals surface area contributed by atoms with E-state index in [9.17, 15) is 10.1 Å². The number of rotatable bonds is 3. The molecule has 7 heteroatoms. The van der Waals surface area contributed by atoms with Crippen LogP contribution in [0.4, 0.5) is 5.69 Å². The summed E-state index contributed by atoms with van der Waals surface area (Å²) in [6, 6.07) is 10.4. The molecule has 2 aromatic heterocycles. The average molecular weight is 362 g/mol. The molecule has 0 radical (unpaired) electrons. The minimum absolute atomic E-state index is 0.0414. The Labute approximate surface area is 132 Å². The van der Waals surface area contributed by atoms with Gasteiger partial charge in [-0.2, -0.15) is 0 Å². The highest BCUT2D eigenvalue weighted by molar-refractivity contribution is 9.10. The third kappa shape index (κ3) is 2.74. The van der Waals surface area contributed by atoms with Gasteiger partial charge in [-0.25, -0.2) is 9.97 Å². The number of aromatic nitrogens is 2. The largest absolute Gasteiger partial charge is 0.280 e. The molecule has 0 spiro atoms. The van der Waals surface area contributed by atoms with E-state index in [1.807, 2.05) is 18.2 Å². The standard InChI is InChI=1S/C14H8BrN3O2S/c15-10-4-5-11(18(19)20)13-9(10)6-8-17-14(13)21-12-3-1-2-7-16-12/h1-8H. The Bertz CT molecular complexity index is 827. The number of nitrogens with zero attached hydrogens (tertiary/aromatic N) is 3. The Kier molecular flexibility index (Phi) is 3.85. The van der Waals surface area contributed by atoms with E-state index >= 15 is 0 Å². The summed E-state index contributed by atoms with van der Waals surface area (Å²) in [6.07, 6.45) is 3.32. The lowest BCUT2D eigenvalue weighted by molar-refractivity contribution is -0.383. The maximum atomic E-state index is 11.3. The maximum Gasteiger partial charge on any atom is 0.280 e. The molecule has 0 aliphatic rings. The molecular formula is C14H8BrN3O2S. The van der Waals surface area contributed by atoms with E-state index in [2.05, 4.69) is 25.9 Å².